The molecule has 6 nitrogen and oxygen atoms in total. The van der Waals surface area contributed by atoms with Gasteiger partial charge in [0.15, 0.2) is 0 Å². The summed E-state index contributed by atoms with van der Waals surface area (Å²) < 4.78 is 11.0. The fourth-order valence-electron chi connectivity index (χ4n) is 3.87. The highest BCUT2D eigenvalue weighted by Gasteiger charge is 2.39. The van der Waals surface area contributed by atoms with Gasteiger partial charge in [0.1, 0.15) is 17.2 Å². The number of carbonyl (C=O) groups is 2. The molecule has 0 unspecified atom stereocenters. The summed E-state index contributed by atoms with van der Waals surface area (Å²) in [5.41, 5.74) is 2.98. The molecule has 0 saturated heterocycles. The van der Waals surface area contributed by atoms with Gasteiger partial charge < -0.3 is 14.8 Å². The zero-order valence-electron chi connectivity index (χ0n) is 19.6. The molecule has 174 valence electrons. The number of ether oxygens (including phenoxy) is 2. The Kier molecular flexibility index (Phi) is 6.97. The minimum absolute atomic E-state index is 0.0403. The summed E-state index contributed by atoms with van der Waals surface area (Å²) in [7, 11) is 1.58. The Morgan fingerprint density at radius 2 is 1.59 bits per heavy atom. The van der Waals surface area contributed by atoms with E-state index in [-0.39, 0.29) is 23.6 Å². The van der Waals surface area contributed by atoms with Crippen LogP contribution in [0.25, 0.3) is 5.57 Å². The van der Waals surface area contributed by atoms with Crippen LogP contribution in [0.4, 0.5) is 5.69 Å². The van der Waals surface area contributed by atoms with Crippen LogP contribution in [0.1, 0.15) is 25.0 Å². The molecule has 0 aliphatic carbocycles. The van der Waals surface area contributed by atoms with Crippen LogP contribution in [-0.4, -0.2) is 36.5 Å². The van der Waals surface area contributed by atoms with Gasteiger partial charge in [-0.1, -0.05) is 48.5 Å². The van der Waals surface area contributed by atoms with E-state index in [1.54, 1.807) is 13.2 Å². The molecule has 6 heteroatoms. The van der Waals surface area contributed by atoms with E-state index < -0.39 is 0 Å². The normalized spacial score (nSPS) is 13.6. The number of nitrogens with zero attached hydrogens (tertiary/aromatic N) is 1. The van der Waals surface area contributed by atoms with Crippen molar-refractivity contribution in [1.82, 2.24) is 4.90 Å². The number of anilines is 1. The molecule has 0 radical (unpaired) electrons. The molecule has 1 heterocycles. The number of carbonyl (C=O) groups excluding carboxylic acids is 2. The number of nitrogens with one attached hydrogen (secondary N) is 1. The zero-order valence-corrected chi connectivity index (χ0v) is 19.6. The van der Waals surface area contributed by atoms with Gasteiger partial charge in [-0.2, -0.15) is 0 Å². The second-order valence-corrected chi connectivity index (χ2v) is 8.30. The third kappa shape index (κ3) is 5.12. The lowest BCUT2D eigenvalue weighted by atomic mass is 10.0. The highest BCUT2D eigenvalue weighted by atomic mass is 16.5. The van der Waals surface area contributed by atoms with Crippen molar-refractivity contribution in [2.24, 2.45) is 0 Å². The molecule has 4 rings (SSSR count). The standard InChI is InChI=1S/C28H28N2O4/c1-19(2)34-23-14-12-21(13-15-23)25-26(29-22-10-7-11-24(18-22)33-3)28(32)30(27(25)31)17-16-20-8-5-4-6-9-20/h4-15,18-19,29H,16-17H2,1-3H3. The van der Waals surface area contributed by atoms with Crippen LogP contribution < -0.4 is 14.8 Å². The number of amides is 2. The number of benzene rings is 3. The molecule has 0 saturated carbocycles. The first-order valence-electron chi connectivity index (χ1n) is 11.3. The van der Waals surface area contributed by atoms with Crippen molar-refractivity contribution in [2.75, 3.05) is 19.0 Å². The van der Waals surface area contributed by atoms with Crippen LogP contribution in [0.2, 0.25) is 0 Å². The second kappa shape index (κ2) is 10.3. The lowest BCUT2D eigenvalue weighted by molar-refractivity contribution is -0.136. The Morgan fingerprint density at radius 3 is 2.26 bits per heavy atom. The van der Waals surface area contributed by atoms with E-state index in [4.69, 9.17) is 9.47 Å². The number of rotatable bonds is 9. The molecular formula is C28H28N2O4. The summed E-state index contributed by atoms with van der Waals surface area (Å²) in [4.78, 5) is 28.2. The zero-order chi connectivity index (χ0) is 24.1. The molecule has 1 aliphatic heterocycles. The fourth-order valence-corrected chi connectivity index (χ4v) is 3.87. The van der Waals surface area contributed by atoms with Crippen molar-refractivity contribution >= 4 is 23.1 Å². The van der Waals surface area contributed by atoms with E-state index in [0.29, 0.717) is 41.3 Å². The summed E-state index contributed by atoms with van der Waals surface area (Å²) in [6, 6.07) is 24.3. The van der Waals surface area contributed by atoms with Gasteiger partial charge in [-0.25, -0.2) is 0 Å². The Hall–Kier alpha value is -4.06. The van der Waals surface area contributed by atoms with Gasteiger partial charge >= 0.3 is 0 Å². The van der Waals surface area contributed by atoms with Gasteiger partial charge in [0.05, 0.1) is 18.8 Å². The highest BCUT2D eigenvalue weighted by molar-refractivity contribution is 6.36. The SMILES string of the molecule is COc1cccc(NC2=C(c3ccc(OC(C)C)cc3)C(=O)N(CCc3ccccc3)C2=O)c1. The fraction of sp³-hybridized carbons (Fsp3) is 0.214. The Bertz CT molecular complexity index is 1200. The first kappa shape index (κ1) is 23.1. The molecule has 3 aromatic rings. The molecule has 0 fully saturated rings. The molecule has 1 aliphatic rings. The Balaban J connectivity index is 1.66. The minimum atomic E-state index is -0.346. The average Bonchev–Trinajstić information content (AvgIpc) is 3.07. The average molecular weight is 457 g/mol. The number of methoxy groups -OCH3 is 1. The lowest BCUT2D eigenvalue weighted by Gasteiger charge is -2.15. The van der Waals surface area contributed by atoms with Crippen LogP contribution in [0.5, 0.6) is 11.5 Å². The Labute approximate surface area is 199 Å². The van der Waals surface area contributed by atoms with Gasteiger partial charge in [0, 0.05) is 18.3 Å². The Morgan fingerprint density at radius 1 is 0.853 bits per heavy atom. The van der Waals surface area contributed by atoms with E-state index >= 15 is 0 Å². The van der Waals surface area contributed by atoms with Crippen LogP contribution in [0.3, 0.4) is 0 Å². The summed E-state index contributed by atoms with van der Waals surface area (Å²) in [6.07, 6.45) is 0.623. The first-order valence-corrected chi connectivity index (χ1v) is 11.3. The molecule has 1 N–H and O–H groups in total. The first-order chi connectivity index (χ1) is 16.5. The molecule has 2 amide bonds. The maximum Gasteiger partial charge on any atom is 0.278 e. The molecule has 0 aromatic heterocycles. The summed E-state index contributed by atoms with van der Waals surface area (Å²) in [6.45, 7) is 4.20. The van der Waals surface area contributed by atoms with Crippen LogP contribution in [0.15, 0.2) is 84.6 Å². The van der Waals surface area contributed by atoms with Crippen molar-refractivity contribution in [1.29, 1.82) is 0 Å². The summed E-state index contributed by atoms with van der Waals surface area (Å²) >= 11 is 0. The minimum Gasteiger partial charge on any atom is -0.497 e. The van der Waals surface area contributed by atoms with Crippen LogP contribution in [-0.2, 0) is 16.0 Å². The summed E-state index contributed by atoms with van der Waals surface area (Å²) in [5, 5.41) is 3.18. The molecule has 0 spiro atoms. The number of imide groups is 1. The summed E-state index contributed by atoms with van der Waals surface area (Å²) in [5.74, 6) is 0.699. The van der Waals surface area contributed by atoms with E-state index in [9.17, 15) is 9.59 Å². The quantitative estimate of drug-likeness (QED) is 0.463. The molecule has 0 bridgehead atoms. The van der Waals surface area contributed by atoms with Crippen molar-refractivity contribution in [2.45, 2.75) is 26.4 Å². The molecule has 3 aromatic carbocycles. The number of hydrogen-bond donors (Lipinski definition) is 1. The van der Waals surface area contributed by atoms with E-state index in [1.165, 1.54) is 4.90 Å². The molecular weight excluding hydrogens is 428 g/mol. The van der Waals surface area contributed by atoms with Crippen molar-refractivity contribution in [3.63, 3.8) is 0 Å². The number of hydrogen-bond acceptors (Lipinski definition) is 5. The monoisotopic (exact) mass is 456 g/mol. The van der Waals surface area contributed by atoms with E-state index in [1.807, 2.05) is 86.6 Å². The van der Waals surface area contributed by atoms with Gasteiger partial charge in [0.25, 0.3) is 11.8 Å². The van der Waals surface area contributed by atoms with Crippen LogP contribution >= 0.6 is 0 Å². The predicted octanol–water partition coefficient (Wildman–Crippen LogP) is 4.92. The van der Waals surface area contributed by atoms with E-state index in [2.05, 4.69) is 5.32 Å². The van der Waals surface area contributed by atoms with Gasteiger partial charge in [0.2, 0.25) is 0 Å². The van der Waals surface area contributed by atoms with Gasteiger partial charge in [-0.05, 0) is 55.7 Å². The molecule has 0 atom stereocenters. The molecule has 34 heavy (non-hydrogen) atoms. The van der Waals surface area contributed by atoms with Crippen molar-refractivity contribution < 1.29 is 19.1 Å². The van der Waals surface area contributed by atoms with Crippen molar-refractivity contribution in [3.05, 3.63) is 95.7 Å². The lowest BCUT2D eigenvalue weighted by Crippen LogP contribution is -2.34. The van der Waals surface area contributed by atoms with Crippen LogP contribution in [0, 0.1) is 0 Å². The predicted molar refractivity (Wildman–Crippen MR) is 133 cm³/mol. The van der Waals surface area contributed by atoms with Gasteiger partial charge in [-0.15, -0.1) is 0 Å². The van der Waals surface area contributed by atoms with E-state index in [0.717, 1.165) is 5.56 Å². The maximum absolute atomic E-state index is 13.5. The third-order valence-corrected chi connectivity index (χ3v) is 5.49. The third-order valence-electron chi connectivity index (χ3n) is 5.49. The maximum atomic E-state index is 13.5. The van der Waals surface area contributed by atoms with Gasteiger partial charge in [-0.3, -0.25) is 14.5 Å². The largest absolute Gasteiger partial charge is 0.497 e. The topological polar surface area (TPSA) is 67.9 Å². The highest BCUT2D eigenvalue weighted by Crippen LogP contribution is 2.32. The smallest absolute Gasteiger partial charge is 0.278 e. The van der Waals surface area contributed by atoms with Crippen molar-refractivity contribution in [3.8, 4) is 11.5 Å². The second-order valence-electron chi connectivity index (χ2n) is 8.30.